The number of rotatable bonds is 9. The van der Waals surface area contributed by atoms with Crippen LogP contribution in [0.4, 0.5) is 23.2 Å². The molecule has 0 bridgehead atoms. The van der Waals surface area contributed by atoms with Gasteiger partial charge in [0.15, 0.2) is 0 Å². The Morgan fingerprint density at radius 1 is 1.08 bits per heavy atom. The number of carbonyl (C=O) groups excluding carboxylic acids is 1. The molecule has 0 spiro atoms. The summed E-state index contributed by atoms with van der Waals surface area (Å²) in [6, 6.07) is 7.57. The van der Waals surface area contributed by atoms with Crippen LogP contribution in [0.5, 0.6) is 0 Å². The van der Waals surface area contributed by atoms with Crippen molar-refractivity contribution in [3.05, 3.63) is 66.3 Å². The van der Waals surface area contributed by atoms with Gasteiger partial charge in [-0.15, -0.1) is 0 Å². The molecule has 2 atom stereocenters. The number of aromatic nitrogens is 4. The third-order valence-corrected chi connectivity index (χ3v) is 8.70. The topological polar surface area (TPSA) is 65.2 Å². The molecule has 1 aliphatic heterocycles. The highest BCUT2D eigenvalue weighted by Gasteiger charge is 2.48. The number of hydrogen-bond donors (Lipinski definition) is 0. The number of β-lactam (4-membered cyclic amide) rings is 1. The van der Waals surface area contributed by atoms with E-state index in [0.717, 1.165) is 36.1 Å². The maximum atomic E-state index is 15.3. The van der Waals surface area contributed by atoms with E-state index in [1.165, 1.54) is 4.90 Å². The normalized spacial score (nSPS) is 17.9. The van der Waals surface area contributed by atoms with Gasteiger partial charge in [-0.1, -0.05) is 26.6 Å². The Hall–Kier alpha value is -3.51. The quantitative estimate of drug-likeness (QED) is 0.100. The molecule has 12 heteroatoms. The summed E-state index contributed by atoms with van der Waals surface area (Å²) < 4.78 is 64.5. The van der Waals surface area contributed by atoms with E-state index >= 15 is 8.78 Å². The molecule has 0 N–H and O–H groups in total. The number of carbonyl (C=O) groups is 1. The van der Waals surface area contributed by atoms with Gasteiger partial charge >= 0.3 is 6.55 Å². The van der Waals surface area contributed by atoms with Gasteiger partial charge in [0.05, 0.1) is 35.5 Å². The largest absolute Gasteiger partial charge is 0.361 e. The molecule has 1 fully saturated rings. The van der Waals surface area contributed by atoms with Gasteiger partial charge < -0.3 is 14.2 Å². The molecule has 2 aromatic heterocycles. The minimum Gasteiger partial charge on any atom is -0.361 e. The van der Waals surface area contributed by atoms with Crippen LogP contribution in [0, 0.1) is 17.6 Å². The van der Waals surface area contributed by atoms with Crippen LogP contribution in [-0.2, 0) is 16.3 Å². The molecule has 2 unspecified atom stereocenters. The molecule has 39 heavy (non-hydrogen) atoms. The Bertz CT molecular complexity index is 1510. The van der Waals surface area contributed by atoms with E-state index in [9.17, 15) is 13.6 Å². The van der Waals surface area contributed by atoms with Crippen molar-refractivity contribution in [3.8, 4) is 11.1 Å². The molecule has 4 aromatic rings. The highest BCUT2D eigenvalue weighted by atomic mass is 28.3. The lowest BCUT2D eigenvalue weighted by Crippen LogP contribution is -2.54. The standard InChI is InChI=1S/C27H29F4N5O2Si/c1-16-25(24-20(28)9-17(10-21(24)29)18-12-33-35(13-18)27(30)31)36(26(16)37)19-5-6-23-22(11-19)32-14-34(23)15-38-7-8-39(2,3)4/h5-6,9-14,16,25,27H,7-8,15H2,1-4H3. The number of anilines is 1. The number of alkyl halides is 2. The van der Waals surface area contributed by atoms with Crippen LogP contribution in [-0.4, -0.2) is 39.9 Å². The van der Waals surface area contributed by atoms with Gasteiger partial charge in [-0.05, 0) is 41.9 Å². The van der Waals surface area contributed by atoms with Crippen LogP contribution < -0.4 is 4.90 Å². The minimum atomic E-state index is -2.87. The van der Waals surface area contributed by atoms with Gasteiger partial charge in [-0.25, -0.2) is 18.4 Å². The predicted molar refractivity (Wildman–Crippen MR) is 142 cm³/mol. The fourth-order valence-electron chi connectivity index (χ4n) is 4.77. The summed E-state index contributed by atoms with van der Waals surface area (Å²) in [5, 5.41) is 3.52. The molecule has 1 aliphatic rings. The number of amides is 1. The number of fused-ring (bicyclic) bond motifs is 1. The van der Waals surface area contributed by atoms with Crippen molar-refractivity contribution in [2.45, 2.75) is 51.9 Å². The van der Waals surface area contributed by atoms with Gasteiger partial charge in [0.2, 0.25) is 5.91 Å². The number of benzene rings is 2. The molecule has 2 aromatic carbocycles. The summed E-state index contributed by atoms with van der Waals surface area (Å²) >= 11 is 0. The summed E-state index contributed by atoms with van der Waals surface area (Å²) in [5.41, 5.74) is 1.88. The third-order valence-electron chi connectivity index (χ3n) is 7.00. The number of halogens is 4. The average Bonchev–Trinajstić information content (AvgIpc) is 3.52. The SMILES string of the molecule is CC1C(=O)N(c2ccc3c(c2)ncn3COCC[Si](C)(C)C)C1c1c(F)cc(-c2cnn(C(F)F)c2)cc1F. The Balaban J connectivity index is 1.39. The molecule has 206 valence electrons. The van der Waals surface area contributed by atoms with Crippen LogP contribution in [0.2, 0.25) is 25.7 Å². The zero-order valence-corrected chi connectivity index (χ0v) is 23.0. The first-order chi connectivity index (χ1) is 18.4. The van der Waals surface area contributed by atoms with Gasteiger partial charge in [-0.2, -0.15) is 13.9 Å². The van der Waals surface area contributed by atoms with Crippen molar-refractivity contribution >= 4 is 30.7 Å². The van der Waals surface area contributed by atoms with Gasteiger partial charge in [0, 0.05) is 37.7 Å². The zero-order valence-electron chi connectivity index (χ0n) is 22.0. The van der Waals surface area contributed by atoms with E-state index in [-0.39, 0.29) is 22.6 Å². The van der Waals surface area contributed by atoms with Gasteiger partial charge in [0.25, 0.3) is 0 Å². The fourth-order valence-corrected chi connectivity index (χ4v) is 5.53. The van der Waals surface area contributed by atoms with Crippen LogP contribution in [0.3, 0.4) is 0 Å². The third kappa shape index (κ3) is 5.22. The van der Waals surface area contributed by atoms with E-state index in [4.69, 9.17) is 4.74 Å². The summed E-state index contributed by atoms with van der Waals surface area (Å²) in [4.78, 5) is 18.7. The van der Waals surface area contributed by atoms with E-state index in [2.05, 4.69) is 29.7 Å². The molecule has 5 rings (SSSR count). The Morgan fingerprint density at radius 3 is 2.44 bits per heavy atom. The van der Waals surface area contributed by atoms with Crippen molar-refractivity contribution in [3.63, 3.8) is 0 Å². The lowest BCUT2D eigenvalue weighted by atomic mass is 9.82. The molecule has 7 nitrogen and oxygen atoms in total. The predicted octanol–water partition coefficient (Wildman–Crippen LogP) is 6.61. The highest BCUT2D eigenvalue weighted by Crippen LogP contribution is 2.46. The summed E-state index contributed by atoms with van der Waals surface area (Å²) in [6.45, 7) is 6.62. The second-order valence-electron chi connectivity index (χ2n) is 11.0. The van der Waals surface area contributed by atoms with Crippen LogP contribution in [0.1, 0.15) is 25.1 Å². The average molecular weight is 560 g/mol. The first-order valence-corrected chi connectivity index (χ1v) is 16.3. The lowest BCUT2D eigenvalue weighted by Gasteiger charge is -2.46. The summed E-state index contributed by atoms with van der Waals surface area (Å²) in [6.07, 6.45) is 3.80. The Kier molecular flexibility index (Phi) is 7.10. The maximum Gasteiger partial charge on any atom is 0.333 e. The molecule has 1 amide bonds. The first kappa shape index (κ1) is 27.1. The van der Waals surface area contributed by atoms with E-state index in [0.29, 0.717) is 29.2 Å². The van der Waals surface area contributed by atoms with Gasteiger partial charge in [0.1, 0.15) is 18.4 Å². The molecule has 0 radical (unpaired) electrons. The molecule has 0 saturated carbocycles. The highest BCUT2D eigenvalue weighted by molar-refractivity contribution is 6.76. The first-order valence-electron chi connectivity index (χ1n) is 12.6. The Labute approximate surface area is 224 Å². The van der Waals surface area contributed by atoms with E-state index in [1.807, 2.05) is 10.6 Å². The Morgan fingerprint density at radius 2 is 1.79 bits per heavy atom. The van der Waals surface area contributed by atoms with Crippen molar-refractivity contribution in [2.75, 3.05) is 11.5 Å². The van der Waals surface area contributed by atoms with Crippen LogP contribution in [0.15, 0.2) is 49.1 Å². The maximum absolute atomic E-state index is 15.3. The number of imidazole rings is 1. The van der Waals surface area contributed by atoms with Gasteiger partial charge in [-0.3, -0.25) is 4.79 Å². The monoisotopic (exact) mass is 559 g/mol. The molecular weight excluding hydrogens is 530 g/mol. The molecular formula is C27H29F4N5O2Si. The van der Waals surface area contributed by atoms with Crippen molar-refractivity contribution < 1.29 is 27.1 Å². The van der Waals surface area contributed by atoms with Crippen molar-refractivity contribution in [2.24, 2.45) is 5.92 Å². The van der Waals surface area contributed by atoms with E-state index < -0.39 is 38.2 Å². The lowest BCUT2D eigenvalue weighted by molar-refractivity contribution is -0.129. The number of ether oxygens (including phenoxy) is 1. The van der Waals surface area contributed by atoms with Crippen LogP contribution >= 0.6 is 0 Å². The molecule has 1 saturated heterocycles. The van der Waals surface area contributed by atoms with Crippen molar-refractivity contribution in [1.82, 2.24) is 19.3 Å². The number of hydrogen-bond acceptors (Lipinski definition) is 4. The second kappa shape index (κ2) is 10.2. The zero-order chi connectivity index (χ0) is 28.1. The molecule has 3 heterocycles. The smallest absolute Gasteiger partial charge is 0.333 e. The fraction of sp³-hybridized carbons (Fsp3) is 0.370. The molecule has 0 aliphatic carbocycles. The van der Waals surface area contributed by atoms with Crippen LogP contribution in [0.25, 0.3) is 22.2 Å². The summed E-state index contributed by atoms with van der Waals surface area (Å²) in [5.74, 6) is -2.67. The van der Waals surface area contributed by atoms with Crippen molar-refractivity contribution in [1.29, 1.82) is 0 Å². The van der Waals surface area contributed by atoms with E-state index in [1.54, 1.807) is 25.4 Å². The minimum absolute atomic E-state index is 0.0736. The summed E-state index contributed by atoms with van der Waals surface area (Å²) in [7, 11) is -1.20. The number of nitrogens with zero attached hydrogens (tertiary/aromatic N) is 5. The second-order valence-corrected chi connectivity index (χ2v) is 16.6.